The Morgan fingerprint density at radius 2 is 2.17 bits per heavy atom. The molecular formula is C22H34ClFN4O2. The van der Waals surface area contributed by atoms with Gasteiger partial charge in [-0.05, 0) is 31.9 Å². The molecule has 2 saturated heterocycles. The lowest BCUT2D eigenvalue weighted by molar-refractivity contribution is 0.0892. The van der Waals surface area contributed by atoms with Crippen molar-refractivity contribution in [3.63, 3.8) is 0 Å². The van der Waals surface area contributed by atoms with Gasteiger partial charge in [-0.2, -0.15) is 0 Å². The van der Waals surface area contributed by atoms with Gasteiger partial charge in [-0.1, -0.05) is 17.7 Å². The van der Waals surface area contributed by atoms with Crippen molar-refractivity contribution in [1.29, 1.82) is 0 Å². The van der Waals surface area contributed by atoms with Crippen LogP contribution in [0.2, 0.25) is 5.02 Å². The molecule has 2 aliphatic rings. The maximum Gasteiger partial charge on any atom is 0.194 e. The lowest BCUT2D eigenvalue weighted by Gasteiger charge is -2.36. The van der Waals surface area contributed by atoms with Crippen molar-refractivity contribution in [2.75, 3.05) is 65.7 Å². The van der Waals surface area contributed by atoms with Gasteiger partial charge in [0.15, 0.2) is 5.96 Å². The van der Waals surface area contributed by atoms with Crippen molar-refractivity contribution >= 4 is 17.6 Å². The minimum Gasteiger partial charge on any atom is -0.381 e. The summed E-state index contributed by atoms with van der Waals surface area (Å²) in [6.45, 7) is 10.8. The highest BCUT2D eigenvalue weighted by Crippen LogP contribution is 2.21. The van der Waals surface area contributed by atoms with Gasteiger partial charge >= 0.3 is 0 Å². The van der Waals surface area contributed by atoms with E-state index in [1.54, 1.807) is 12.1 Å². The molecule has 0 aromatic heterocycles. The Labute approximate surface area is 184 Å². The lowest BCUT2D eigenvalue weighted by Crippen LogP contribution is -2.52. The molecule has 0 amide bonds. The van der Waals surface area contributed by atoms with Crippen LogP contribution in [0.4, 0.5) is 4.39 Å². The number of benzene rings is 1. The first-order valence-electron chi connectivity index (χ1n) is 11.0. The molecule has 2 heterocycles. The van der Waals surface area contributed by atoms with E-state index in [2.05, 4.69) is 22.0 Å². The van der Waals surface area contributed by atoms with E-state index in [4.69, 9.17) is 26.1 Å². The molecule has 0 saturated carbocycles. The number of aliphatic imine (C=N–C) groups is 1. The fourth-order valence-corrected chi connectivity index (χ4v) is 3.99. The van der Waals surface area contributed by atoms with Gasteiger partial charge in [0.1, 0.15) is 5.82 Å². The first kappa shape index (κ1) is 23.3. The Bertz CT molecular complexity index is 657. The number of piperazine rings is 1. The highest BCUT2D eigenvalue weighted by atomic mass is 35.5. The molecule has 168 valence electrons. The molecule has 1 aromatic carbocycles. The number of nitrogens with one attached hydrogen (secondary N) is 1. The number of guanidine groups is 1. The van der Waals surface area contributed by atoms with Gasteiger partial charge in [-0.3, -0.25) is 9.89 Å². The summed E-state index contributed by atoms with van der Waals surface area (Å²) in [4.78, 5) is 9.29. The summed E-state index contributed by atoms with van der Waals surface area (Å²) in [5, 5.41) is 3.89. The van der Waals surface area contributed by atoms with Crippen molar-refractivity contribution in [3.05, 3.63) is 34.6 Å². The monoisotopic (exact) mass is 440 g/mol. The van der Waals surface area contributed by atoms with E-state index in [-0.39, 0.29) is 5.82 Å². The van der Waals surface area contributed by atoms with Gasteiger partial charge in [0, 0.05) is 75.5 Å². The second kappa shape index (κ2) is 12.4. The molecule has 0 bridgehead atoms. The Balaban J connectivity index is 1.40. The third kappa shape index (κ3) is 7.08. The molecule has 1 N–H and O–H groups in total. The number of halogens is 2. The van der Waals surface area contributed by atoms with Gasteiger partial charge in [0.2, 0.25) is 0 Å². The summed E-state index contributed by atoms with van der Waals surface area (Å²) in [5.74, 6) is 1.27. The zero-order valence-corrected chi connectivity index (χ0v) is 18.7. The molecule has 1 unspecified atom stereocenters. The second-order valence-corrected chi connectivity index (χ2v) is 8.26. The van der Waals surface area contributed by atoms with Crippen LogP contribution in [0, 0.1) is 11.7 Å². The van der Waals surface area contributed by atoms with Crippen LogP contribution < -0.4 is 5.32 Å². The summed E-state index contributed by atoms with van der Waals surface area (Å²) in [6, 6.07) is 4.86. The number of nitrogens with zero attached hydrogens (tertiary/aromatic N) is 3. The highest BCUT2D eigenvalue weighted by Gasteiger charge is 2.21. The molecule has 6 nitrogen and oxygen atoms in total. The molecule has 1 aromatic rings. The summed E-state index contributed by atoms with van der Waals surface area (Å²) in [6.07, 6.45) is 2.02. The molecule has 2 fully saturated rings. The average Bonchev–Trinajstić information content (AvgIpc) is 3.27. The number of ether oxygens (including phenoxy) is 2. The first-order chi connectivity index (χ1) is 14.7. The van der Waals surface area contributed by atoms with Crippen LogP contribution in [0.5, 0.6) is 0 Å². The molecule has 0 spiro atoms. The van der Waals surface area contributed by atoms with E-state index in [0.717, 1.165) is 84.5 Å². The topological polar surface area (TPSA) is 49.3 Å². The largest absolute Gasteiger partial charge is 0.381 e. The van der Waals surface area contributed by atoms with E-state index >= 15 is 0 Å². The van der Waals surface area contributed by atoms with Gasteiger partial charge in [0.05, 0.1) is 13.2 Å². The van der Waals surface area contributed by atoms with E-state index < -0.39 is 0 Å². The van der Waals surface area contributed by atoms with Crippen LogP contribution in [0.1, 0.15) is 25.3 Å². The fourth-order valence-electron chi connectivity index (χ4n) is 3.77. The van der Waals surface area contributed by atoms with Crippen molar-refractivity contribution < 1.29 is 13.9 Å². The van der Waals surface area contributed by atoms with E-state index in [1.165, 1.54) is 6.07 Å². The Hall–Kier alpha value is -1.41. The quantitative estimate of drug-likeness (QED) is 0.363. The predicted molar refractivity (Wildman–Crippen MR) is 119 cm³/mol. The lowest BCUT2D eigenvalue weighted by atomic mass is 10.1. The van der Waals surface area contributed by atoms with Crippen molar-refractivity contribution in [3.8, 4) is 0 Å². The van der Waals surface area contributed by atoms with E-state index in [9.17, 15) is 4.39 Å². The number of hydrogen-bond acceptors (Lipinski definition) is 4. The van der Waals surface area contributed by atoms with Crippen LogP contribution in [-0.4, -0.2) is 81.5 Å². The summed E-state index contributed by atoms with van der Waals surface area (Å²) in [7, 11) is 0. The molecule has 0 aliphatic carbocycles. The Kier molecular flexibility index (Phi) is 9.65. The summed E-state index contributed by atoms with van der Waals surface area (Å²) in [5.41, 5.74) is 0.581. The molecule has 0 radical (unpaired) electrons. The predicted octanol–water partition coefficient (Wildman–Crippen LogP) is 3.01. The van der Waals surface area contributed by atoms with Gasteiger partial charge in [0.25, 0.3) is 0 Å². The molecule has 3 rings (SSSR count). The van der Waals surface area contributed by atoms with Gasteiger partial charge in [-0.25, -0.2) is 4.39 Å². The van der Waals surface area contributed by atoms with Crippen molar-refractivity contribution in [1.82, 2.24) is 15.1 Å². The van der Waals surface area contributed by atoms with Crippen LogP contribution in [-0.2, 0) is 16.0 Å². The van der Waals surface area contributed by atoms with Crippen LogP contribution in [0.15, 0.2) is 23.2 Å². The van der Waals surface area contributed by atoms with Gasteiger partial charge < -0.3 is 19.7 Å². The molecule has 1 atom stereocenters. The molecule has 8 heteroatoms. The SMILES string of the molecule is CCNC(=NCCCOCC1CCOC1)N1CCN(Cc2c(F)cccc2Cl)CC1. The van der Waals surface area contributed by atoms with Gasteiger partial charge in [-0.15, -0.1) is 0 Å². The Morgan fingerprint density at radius 3 is 2.87 bits per heavy atom. The minimum absolute atomic E-state index is 0.234. The molecule has 2 aliphatic heterocycles. The van der Waals surface area contributed by atoms with Crippen LogP contribution >= 0.6 is 11.6 Å². The maximum absolute atomic E-state index is 14.1. The molecular weight excluding hydrogens is 407 g/mol. The standard InChI is InChI=1S/C22H34ClFN4O2/c1-2-25-22(26-8-4-13-29-16-18-7-14-30-17-18)28-11-9-27(10-12-28)15-19-20(23)5-3-6-21(19)24/h3,5-6,18H,2,4,7-17H2,1H3,(H,25,26). The van der Waals surface area contributed by atoms with Crippen molar-refractivity contribution in [2.24, 2.45) is 10.9 Å². The van der Waals surface area contributed by atoms with E-state index in [0.29, 0.717) is 23.0 Å². The third-order valence-electron chi connectivity index (χ3n) is 5.54. The summed E-state index contributed by atoms with van der Waals surface area (Å²) >= 11 is 6.18. The Morgan fingerprint density at radius 1 is 1.33 bits per heavy atom. The zero-order chi connectivity index (χ0) is 21.2. The maximum atomic E-state index is 14.1. The van der Waals surface area contributed by atoms with Crippen molar-refractivity contribution in [2.45, 2.75) is 26.3 Å². The third-order valence-corrected chi connectivity index (χ3v) is 5.89. The first-order valence-corrected chi connectivity index (χ1v) is 11.4. The summed E-state index contributed by atoms with van der Waals surface area (Å²) < 4.78 is 25.2. The number of rotatable bonds is 9. The average molecular weight is 441 g/mol. The normalized spacial score (nSPS) is 20.7. The second-order valence-electron chi connectivity index (χ2n) is 7.86. The molecule has 30 heavy (non-hydrogen) atoms. The highest BCUT2D eigenvalue weighted by molar-refractivity contribution is 6.31. The zero-order valence-electron chi connectivity index (χ0n) is 17.9. The van der Waals surface area contributed by atoms with Crippen LogP contribution in [0.3, 0.4) is 0 Å². The van der Waals surface area contributed by atoms with Crippen LogP contribution in [0.25, 0.3) is 0 Å². The minimum atomic E-state index is -0.234. The smallest absolute Gasteiger partial charge is 0.194 e. The fraction of sp³-hybridized carbons (Fsp3) is 0.682. The van der Waals surface area contributed by atoms with E-state index in [1.807, 2.05) is 0 Å². The number of hydrogen-bond donors (Lipinski definition) is 1.